The molecule has 1 atom stereocenters. The summed E-state index contributed by atoms with van der Waals surface area (Å²) in [5.41, 5.74) is 6.35. The van der Waals surface area contributed by atoms with E-state index in [2.05, 4.69) is 9.72 Å². The second-order valence-electron chi connectivity index (χ2n) is 3.74. The Bertz CT molecular complexity index is 355. The van der Waals surface area contributed by atoms with Crippen molar-refractivity contribution >= 4 is 0 Å². The molecule has 0 saturated carbocycles. The van der Waals surface area contributed by atoms with Crippen LogP contribution < -0.4 is 10.5 Å². The van der Waals surface area contributed by atoms with Crippen molar-refractivity contribution in [3.8, 4) is 5.88 Å². The van der Waals surface area contributed by atoms with E-state index in [9.17, 15) is 13.2 Å². The summed E-state index contributed by atoms with van der Waals surface area (Å²) < 4.78 is 40.7. The van der Waals surface area contributed by atoms with Crippen LogP contribution in [0.4, 0.5) is 13.2 Å². The lowest BCUT2D eigenvalue weighted by molar-refractivity contribution is -0.154. The first-order chi connectivity index (χ1) is 7.92. The van der Waals surface area contributed by atoms with Crippen molar-refractivity contribution in [1.82, 2.24) is 4.98 Å². The maximum absolute atomic E-state index is 12.0. The van der Waals surface area contributed by atoms with Crippen LogP contribution in [-0.2, 0) is 6.42 Å². The van der Waals surface area contributed by atoms with E-state index in [0.29, 0.717) is 12.0 Å². The van der Waals surface area contributed by atoms with Gasteiger partial charge in [0.2, 0.25) is 5.88 Å². The molecule has 0 amide bonds. The van der Waals surface area contributed by atoms with Gasteiger partial charge in [0.25, 0.3) is 0 Å². The zero-order valence-corrected chi connectivity index (χ0v) is 9.50. The Balaban J connectivity index is 2.70. The van der Waals surface area contributed by atoms with Gasteiger partial charge >= 0.3 is 6.18 Å². The molecule has 1 aromatic rings. The van der Waals surface area contributed by atoms with Crippen LogP contribution in [0, 0.1) is 0 Å². The molecule has 0 saturated heterocycles. The van der Waals surface area contributed by atoms with Crippen LogP contribution in [0.25, 0.3) is 0 Å². The van der Waals surface area contributed by atoms with Crippen molar-refractivity contribution in [3.05, 3.63) is 23.9 Å². The third kappa shape index (κ3) is 5.04. The third-order valence-electron chi connectivity index (χ3n) is 2.23. The molecule has 6 heteroatoms. The van der Waals surface area contributed by atoms with Gasteiger partial charge in [-0.05, 0) is 18.9 Å². The number of alkyl halides is 3. The fraction of sp³-hybridized carbons (Fsp3) is 0.545. The van der Waals surface area contributed by atoms with E-state index in [1.807, 2.05) is 6.92 Å². The molecule has 2 N–H and O–H groups in total. The molecular weight excluding hydrogens is 233 g/mol. The maximum Gasteiger partial charge on any atom is 0.422 e. The number of hydrogen-bond acceptors (Lipinski definition) is 3. The summed E-state index contributed by atoms with van der Waals surface area (Å²) in [6, 6.07) is 3.22. The number of nitrogens with two attached hydrogens (primary N) is 1. The molecule has 1 aromatic heterocycles. The van der Waals surface area contributed by atoms with Gasteiger partial charge in [-0.15, -0.1) is 0 Å². The maximum atomic E-state index is 12.0. The lowest BCUT2D eigenvalue weighted by atomic mass is 10.1. The molecule has 1 rings (SSSR count). The van der Waals surface area contributed by atoms with Crippen LogP contribution in [0.2, 0.25) is 0 Å². The third-order valence-corrected chi connectivity index (χ3v) is 2.23. The van der Waals surface area contributed by atoms with Gasteiger partial charge in [0.1, 0.15) is 0 Å². The van der Waals surface area contributed by atoms with Gasteiger partial charge in [-0.2, -0.15) is 13.2 Å². The predicted octanol–water partition coefficient (Wildman–Crippen LogP) is 2.30. The van der Waals surface area contributed by atoms with Crippen molar-refractivity contribution < 1.29 is 17.9 Å². The lowest BCUT2D eigenvalue weighted by Gasteiger charge is -2.14. The number of ether oxygens (including phenoxy) is 1. The normalized spacial score (nSPS) is 13.5. The predicted molar refractivity (Wildman–Crippen MR) is 57.8 cm³/mol. The molecule has 0 radical (unpaired) electrons. The number of hydrogen-bond donors (Lipinski definition) is 1. The summed E-state index contributed by atoms with van der Waals surface area (Å²) in [6.07, 6.45) is -1.76. The van der Waals surface area contributed by atoms with E-state index in [1.165, 1.54) is 6.20 Å². The molecule has 0 fully saturated rings. The van der Waals surface area contributed by atoms with Crippen LogP contribution in [0.1, 0.15) is 18.9 Å². The van der Waals surface area contributed by atoms with Crippen LogP contribution in [0.5, 0.6) is 5.88 Å². The molecular formula is C11H15F3N2O. The van der Waals surface area contributed by atoms with E-state index in [4.69, 9.17) is 5.73 Å². The van der Waals surface area contributed by atoms with Gasteiger partial charge < -0.3 is 10.5 Å². The highest BCUT2D eigenvalue weighted by Crippen LogP contribution is 2.20. The van der Waals surface area contributed by atoms with Crippen LogP contribution in [0.3, 0.4) is 0 Å². The number of aromatic nitrogens is 1. The highest BCUT2D eigenvalue weighted by atomic mass is 19.4. The van der Waals surface area contributed by atoms with Crippen LogP contribution in [-0.4, -0.2) is 23.8 Å². The van der Waals surface area contributed by atoms with Gasteiger partial charge in [0, 0.05) is 17.8 Å². The van der Waals surface area contributed by atoms with Crippen molar-refractivity contribution in [2.75, 3.05) is 6.61 Å². The standard InChI is InChI=1S/C11H15F3N2O/c1-2-9(15)6-8-4-3-5-16-10(8)17-7-11(12,13)14/h3-5,9H,2,6-7,15H2,1H3. The number of pyridine rings is 1. The zero-order valence-electron chi connectivity index (χ0n) is 9.50. The summed E-state index contributed by atoms with van der Waals surface area (Å²) in [5.74, 6) is 0.00808. The van der Waals surface area contributed by atoms with Gasteiger partial charge in [-0.1, -0.05) is 13.0 Å². The molecule has 0 aliphatic rings. The minimum atomic E-state index is -4.36. The quantitative estimate of drug-likeness (QED) is 0.869. The minimum Gasteiger partial charge on any atom is -0.468 e. The lowest BCUT2D eigenvalue weighted by Crippen LogP contribution is -2.23. The van der Waals surface area contributed by atoms with Crippen LogP contribution in [0.15, 0.2) is 18.3 Å². The Morgan fingerprint density at radius 2 is 2.18 bits per heavy atom. The van der Waals surface area contributed by atoms with Crippen molar-refractivity contribution in [2.24, 2.45) is 5.73 Å². The zero-order chi connectivity index (χ0) is 12.9. The molecule has 3 nitrogen and oxygen atoms in total. The number of rotatable bonds is 5. The minimum absolute atomic E-state index is 0.00808. The Kier molecular flexibility index (Phi) is 4.74. The van der Waals surface area contributed by atoms with Crippen molar-refractivity contribution in [3.63, 3.8) is 0 Å². The fourth-order valence-electron chi connectivity index (χ4n) is 1.29. The summed E-state index contributed by atoms with van der Waals surface area (Å²) in [4.78, 5) is 3.79. The molecule has 0 aromatic carbocycles. The Morgan fingerprint density at radius 1 is 1.47 bits per heavy atom. The van der Waals surface area contributed by atoms with Gasteiger partial charge in [0.15, 0.2) is 6.61 Å². The van der Waals surface area contributed by atoms with E-state index >= 15 is 0 Å². The molecule has 96 valence electrons. The first-order valence-corrected chi connectivity index (χ1v) is 5.31. The average Bonchev–Trinajstić information content (AvgIpc) is 2.26. The average molecular weight is 248 g/mol. The molecule has 0 aliphatic carbocycles. The van der Waals surface area contributed by atoms with Gasteiger partial charge in [-0.3, -0.25) is 0 Å². The molecule has 17 heavy (non-hydrogen) atoms. The smallest absolute Gasteiger partial charge is 0.422 e. The van der Waals surface area contributed by atoms with E-state index in [0.717, 1.165) is 6.42 Å². The fourth-order valence-corrected chi connectivity index (χ4v) is 1.29. The highest BCUT2D eigenvalue weighted by molar-refractivity contribution is 5.26. The second-order valence-corrected chi connectivity index (χ2v) is 3.74. The molecule has 0 bridgehead atoms. The first-order valence-electron chi connectivity index (χ1n) is 5.31. The summed E-state index contributed by atoms with van der Waals surface area (Å²) in [7, 11) is 0. The topological polar surface area (TPSA) is 48.1 Å². The van der Waals surface area contributed by atoms with Crippen LogP contribution >= 0.6 is 0 Å². The first kappa shape index (κ1) is 13.8. The summed E-state index contributed by atoms with van der Waals surface area (Å²) in [6.45, 7) is 0.579. The van der Waals surface area contributed by atoms with E-state index in [1.54, 1.807) is 12.1 Å². The largest absolute Gasteiger partial charge is 0.468 e. The van der Waals surface area contributed by atoms with E-state index < -0.39 is 12.8 Å². The Labute approximate surface area is 97.8 Å². The number of nitrogens with zero attached hydrogens (tertiary/aromatic N) is 1. The Hall–Kier alpha value is -1.30. The Morgan fingerprint density at radius 3 is 2.76 bits per heavy atom. The second kappa shape index (κ2) is 5.86. The molecule has 1 heterocycles. The summed E-state index contributed by atoms with van der Waals surface area (Å²) >= 11 is 0. The van der Waals surface area contributed by atoms with E-state index in [-0.39, 0.29) is 11.9 Å². The van der Waals surface area contributed by atoms with Crippen molar-refractivity contribution in [1.29, 1.82) is 0 Å². The summed E-state index contributed by atoms with van der Waals surface area (Å²) in [5, 5.41) is 0. The highest BCUT2D eigenvalue weighted by Gasteiger charge is 2.29. The molecule has 0 aliphatic heterocycles. The molecule has 0 spiro atoms. The molecule has 1 unspecified atom stereocenters. The van der Waals surface area contributed by atoms with Gasteiger partial charge in [-0.25, -0.2) is 4.98 Å². The SMILES string of the molecule is CCC(N)Cc1cccnc1OCC(F)(F)F. The van der Waals surface area contributed by atoms with Gasteiger partial charge in [0.05, 0.1) is 0 Å². The number of halogens is 3. The van der Waals surface area contributed by atoms with Crippen molar-refractivity contribution in [2.45, 2.75) is 32.0 Å². The monoisotopic (exact) mass is 248 g/mol.